The number of ether oxygens (including phenoxy) is 3. The van der Waals surface area contributed by atoms with Gasteiger partial charge in [0.1, 0.15) is 11.2 Å². The van der Waals surface area contributed by atoms with Gasteiger partial charge in [0.25, 0.3) is 0 Å². The Morgan fingerprint density at radius 2 is 1.91 bits per heavy atom. The van der Waals surface area contributed by atoms with Crippen molar-refractivity contribution in [2.75, 3.05) is 26.8 Å². The number of nitrogens with one attached hydrogen (secondary N) is 1. The molecule has 1 saturated carbocycles. The Labute approximate surface area is 262 Å². The summed E-state index contributed by atoms with van der Waals surface area (Å²) in [6.45, 7) is 9.12. The number of nitrogens with zero attached hydrogens (tertiary/aromatic N) is 2. The molecule has 0 radical (unpaired) electrons. The Kier molecular flexibility index (Phi) is 8.50. The van der Waals surface area contributed by atoms with Crippen LogP contribution < -0.4 is 15.5 Å². The largest absolute Gasteiger partial charge is 0.494 e. The molecule has 1 saturated heterocycles. The molecule has 2 aromatic heterocycles. The van der Waals surface area contributed by atoms with Crippen molar-refractivity contribution in [1.29, 1.82) is 0 Å². The average molecular weight is 622 g/mol. The predicted octanol–water partition coefficient (Wildman–Crippen LogP) is 6.62. The van der Waals surface area contributed by atoms with Crippen molar-refractivity contribution in [3.05, 3.63) is 50.6 Å². The average Bonchev–Trinajstić information content (AvgIpc) is 3.54. The van der Waals surface area contributed by atoms with Crippen LogP contribution in [0.25, 0.3) is 21.3 Å². The number of fused-ring (bicyclic) bond motifs is 2. The van der Waals surface area contributed by atoms with Crippen LogP contribution in [0, 0.1) is 0 Å². The van der Waals surface area contributed by atoms with Crippen LogP contribution in [0.2, 0.25) is 0 Å². The second-order valence-corrected chi connectivity index (χ2v) is 14.2. The summed E-state index contributed by atoms with van der Waals surface area (Å²) in [4.78, 5) is 43.3. The maximum atomic E-state index is 13.5. The number of carbonyl (C=O) groups excluding carboxylic acids is 2. The van der Waals surface area contributed by atoms with Gasteiger partial charge in [-0.3, -0.25) is 4.79 Å². The number of hydrogen-bond acceptors (Lipinski definition) is 8. The van der Waals surface area contributed by atoms with Gasteiger partial charge in [0, 0.05) is 52.7 Å². The molecule has 2 unspecified atom stereocenters. The number of methoxy groups -OCH3 is 1. The van der Waals surface area contributed by atoms with Gasteiger partial charge in [0.15, 0.2) is 5.75 Å². The Morgan fingerprint density at radius 3 is 2.61 bits per heavy atom. The van der Waals surface area contributed by atoms with E-state index in [1.165, 1.54) is 10.4 Å². The Balaban J connectivity index is 1.30. The van der Waals surface area contributed by atoms with Gasteiger partial charge in [-0.15, -0.1) is 11.3 Å². The summed E-state index contributed by atoms with van der Waals surface area (Å²) >= 11 is 1.78. The van der Waals surface area contributed by atoms with E-state index in [1.807, 2.05) is 42.4 Å². The van der Waals surface area contributed by atoms with Crippen LogP contribution in [0.15, 0.2) is 29.2 Å². The van der Waals surface area contributed by atoms with Crippen molar-refractivity contribution < 1.29 is 23.8 Å². The predicted molar refractivity (Wildman–Crippen MR) is 172 cm³/mol. The van der Waals surface area contributed by atoms with Gasteiger partial charge < -0.3 is 29.0 Å². The molecule has 3 aromatic rings. The molecule has 1 amide bonds. The maximum Gasteiger partial charge on any atom is 0.410 e. The second-order valence-electron chi connectivity index (χ2n) is 13.1. The number of rotatable bonds is 8. The topological polar surface area (TPSA) is 99.1 Å². The molecule has 10 heteroatoms. The first-order chi connectivity index (χ1) is 21.1. The molecule has 1 aliphatic heterocycles. The number of esters is 1. The summed E-state index contributed by atoms with van der Waals surface area (Å²) in [6.07, 6.45) is 8.52. The van der Waals surface area contributed by atoms with Crippen molar-refractivity contribution in [3.63, 3.8) is 0 Å². The minimum Gasteiger partial charge on any atom is -0.494 e. The van der Waals surface area contributed by atoms with Crippen LogP contribution in [0.1, 0.15) is 99.1 Å². The van der Waals surface area contributed by atoms with E-state index >= 15 is 0 Å². The quantitative estimate of drug-likeness (QED) is 0.283. The third-order valence-corrected chi connectivity index (χ3v) is 10.0. The van der Waals surface area contributed by atoms with Gasteiger partial charge in [-0.1, -0.05) is 0 Å². The summed E-state index contributed by atoms with van der Waals surface area (Å²) in [5.41, 5.74) is 2.20. The zero-order valence-corrected chi connectivity index (χ0v) is 27.2. The number of likely N-dealkylation sites (tertiary alicyclic amines) is 1. The highest BCUT2D eigenvalue weighted by Crippen LogP contribution is 2.46. The molecule has 0 bridgehead atoms. The SMILES string of the molecule is CCOC(=O)c1cn(C2CC2)c2c(OC)c(-c3cc4c(s3)CCCC4NCC3CCCN3C(=O)OC(C)(C)C)ccc2c1=O. The van der Waals surface area contributed by atoms with Crippen LogP contribution in [0.4, 0.5) is 4.79 Å². The highest BCUT2D eigenvalue weighted by atomic mass is 32.1. The first-order valence-electron chi connectivity index (χ1n) is 15.9. The summed E-state index contributed by atoms with van der Waals surface area (Å²) in [5, 5.41) is 4.26. The number of carbonyl (C=O) groups is 2. The van der Waals surface area contributed by atoms with Gasteiger partial charge in [-0.2, -0.15) is 0 Å². The molecule has 236 valence electrons. The normalized spacial score (nSPS) is 20.1. The fourth-order valence-electron chi connectivity index (χ4n) is 6.60. The number of pyridine rings is 1. The fourth-order valence-corrected chi connectivity index (χ4v) is 7.89. The zero-order chi connectivity index (χ0) is 31.2. The molecule has 2 atom stereocenters. The van der Waals surface area contributed by atoms with Crippen LogP contribution in [0.3, 0.4) is 0 Å². The number of thiophene rings is 1. The summed E-state index contributed by atoms with van der Waals surface area (Å²) in [7, 11) is 1.65. The standard InChI is InChI=1S/C34H43N3O6S/c1-6-42-32(39)25-19-37(20-12-13-20)29-23(30(25)38)15-14-22(31(29)41-5)28-17-24-26(10-7-11-27(24)44-28)35-18-21-9-8-16-36(21)33(40)43-34(2,3)4/h14-15,17,19-21,26,35H,6-13,16,18H2,1-5H3. The highest BCUT2D eigenvalue weighted by Gasteiger charge is 2.34. The van der Waals surface area contributed by atoms with Gasteiger partial charge in [0.2, 0.25) is 5.43 Å². The van der Waals surface area contributed by atoms with Crippen LogP contribution in [0.5, 0.6) is 5.75 Å². The van der Waals surface area contributed by atoms with Crippen LogP contribution in [-0.2, 0) is 15.9 Å². The van der Waals surface area contributed by atoms with E-state index in [-0.39, 0.29) is 41.8 Å². The number of aromatic nitrogens is 1. The van der Waals surface area contributed by atoms with Gasteiger partial charge >= 0.3 is 12.1 Å². The molecule has 2 aliphatic carbocycles. The van der Waals surface area contributed by atoms with E-state index < -0.39 is 11.6 Å². The summed E-state index contributed by atoms with van der Waals surface area (Å²) in [5.74, 6) is 0.0668. The third kappa shape index (κ3) is 5.98. The van der Waals surface area contributed by atoms with E-state index in [9.17, 15) is 14.4 Å². The van der Waals surface area contributed by atoms with Gasteiger partial charge in [-0.05, 0) is 96.4 Å². The minimum atomic E-state index is -0.590. The van der Waals surface area contributed by atoms with E-state index in [2.05, 4.69) is 11.4 Å². The van der Waals surface area contributed by atoms with Crippen LogP contribution >= 0.6 is 11.3 Å². The van der Waals surface area contributed by atoms with E-state index in [4.69, 9.17) is 14.2 Å². The van der Waals surface area contributed by atoms with Crippen molar-refractivity contribution in [1.82, 2.24) is 14.8 Å². The van der Waals surface area contributed by atoms with Crippen molar-refractivity contribution in [3.8, 4) is 16.2 Å². The van der Waals surface area contributed by atoms with Crippen molar-refractivity contribution in [2.24, 2.45) is 0 Å². The lowest BCUT2D eigenvalue weighted by atomic mass is 9.93. The molecule has 44 heavy (non-hydrogen) atoms. The van der Waals surface area contributed by atoms with Crippen molar-refractivity contribution in [2.45, 2.75) is 96.4 Å². The van der Waals surface area contributed by atoms with Gasteiger partial charge in [-0.25, -0.2) is 9.59 Å². The number of aryl methyl sites for hydroxylation is 1. The Hall–Kier alpha value is -3.37. The molecular weight excluding hydrogens is 578 g/mol. The number of hydrogen-bond donors (Lipinski definition) is 1. The molecule has 9 nitrogen and oxygen atoms in total. The lowest BCUT2D eigenvalue weighted by Crippen LogP contribution is -2.44. The third-order valence-electron chi connectivity index (χ3n) is 8.77. The molecular formula is C34H43N3O6S. The van der Waals surface area contributed by atoms with Crippen LogP contribution in [-0.4, -0.2) is 60.0 Å². The first kappa shape index (κ1) is 30.6. The zero-order valence-electron chi connectivity index (χ0n) is 26.4. The number of amides is 1. The summed E-state index contributed by atoms with van der Waals surface area (Å²) in [6, 6.07) is 6.59. The molecule has 3 heterocycles. The molecule has 0 spiro atoms. The minimum absolute atomic E-state index is 0.0639. The Morgan fingerprint density at radius 1 is 1.11 bits per heavy atom. The van der Waals surface area contributed by atoms with Crippen molar-refractivity contribution >= 4 is 34.3 Å². The summed E-state index contributed by atoms with van der Waals surface area (Å²) < 4.78 is 19.0. The lowest BCUT2D eigenvalue weighted by Gasteiger charge is -2.31. The second kappa shape index (κ2) is 12.2. The molecule has 3 aliphatic rings. The Bertz CT molecular complexity index is 1630. The first-order valence-corrected chi connectivity index (χ1v) is 16.7. The number of benzene rings is 1. The fraction of sp³-hybridized carbons (Fsp3) is 0.559. The van der Waals surface area contributed by atoms with E-state index in [0.717, 1.165) is 74.0 Å². The van der Waals surface area contributed by atoms with Gasteiger partial charge in [0.05, 0.1) is 24.6 Å². The van der Waals surface area contributed by atoms with E-state index in [0.29, 0.717) is 11.1 Å². The monoisotopic (exact) mass is 621 g/mol. The molecule has 6 rings (SSSR count). The highest BCUT2D eigenvalue weighted by molar-refractivity contribution is 7.15. The maximum absolute atomic E-state index is 13.5. The molecule has 1 N–H and O–H groups in total. The smallest absolute Gasteiger partial charge is 0.410 e. The molecule has 2 fully saturated rings. The lowest BCUT2D eigenvalue weighted by molar-refractivity contribution is 0.0224. The van der Waals surface area contributed by atoms with E-state index in [1.54, 1.807) is 31.6 Å². The molecule has 1 aromatic carbocycles.